The molecule has 1 unspecified atom stereocenters. The molecule has 8 heteroatoms. The summed E-state index contributed by atoms with van der Waals surface area (Å²) in [6.07, 6.45) is 4.06. The molecule has 0 saturated heterocycles. The Morgan fingerprint density at radius 2 is 2.19 bits per heavy atom. The fourth-order valence-corrected chi connectivity index (χ4v) is 1.70. The second-order valence-electron chi connectivity index (χ2n) is 4.93. The second-order valence-corrected chi connectivity index (χ2v) is 4.93. The van der Waals surface area contributed by atoms with Gasteiger partial charge in [0.15, 0.2) is 0 Å². The van der Waals surface area contributed by atoms with Gasteiger partial charge in [0, 0.05) is 26.0 Å². The number of nitrogens with one attached hydrogen (secondary N) is 2. The summed E-state index contributed by atoms with van der Waals surface area (Å²) in [6, 6.07) is -1.33. The number of aromatic nitrogens is 2. The molecule has 21 heavy (non-hydrogen) atoms. The Hall–Kier alpha value is -2.09. The number of hydrogen-bond donors (Lipinski definition) is 3. The molecule has 8 nitrogen and oxygen atoms in total. The average Bonchev–Trinajstić information content (AvgIpc) is 2.86. The first-order valence-electron chi connectivity index (χ1n) is 6.77. The third-order valence-corrected chi connectivity index (χ3v) is 2.83. The SMILES string of the molecule is COCCCC(NC(=O)Nc1cnn(C(C)C)c1)C(=O)O. The van der Waals surface area contributed by atoms with Crippen molar-refractivity contribution in [2.24, 2.45) is 0 Å². The summed E-state index contributed by atoms with van der Waals surface area (Å²) < 4.78 is 6.56. The Morgan fingerprint density at radius 1 is 1.48 bits per heavy atom. The summed E-state index contributed by atoms with van der Waals surface area (Å²) >= 11 is 0. The van der Waals surface area contributed by atoms with Gasteiger partial charge in [-0.25, -0.2) is 9.59 Å². The van der Waals surface area contributed by atoms with E-state index < -0.39 is 18.0 Å². The zero-order chi connectivity index (χ0) is 15.8. The molecule has 0 radical (unpaired) electrons. The van der Waals surface area contributed by atoms with Gasteiger partial charge in [-0.3, -0.25) is 4.68 Å². The van der Waals surface area contributed by atoms with E-state index in [9.17, 15) is 9.59 Å². The zero-order valence-corrected chi connectivity index (χ0v) is 12.5. The van der Waals surface area contributed by atoms with E-state index in [1.54, 1.807) is 18.0 Å². The van der Waals surface area contributed by atoms with Crippen LogP contribution in [0.2, 0.25) is 0 Å². The van der Waals surface area contributed by atoms with E-state index in [2.05, 4.69) is 15.7 Å². The molecular formula is C13H22N4O4. The highest BCUT2D eigenvalue weighted by molar-refractivity contribution is 5.91. The molecule has 3 N–H and O–H groups in total. The van der Waals surface area contributed by atoms with Gasteiger partial charge in [0.05, 0.1) is 11.9 Å². The van der Waals surface area contributed by atoms with Crippen molar-refractivity contribution in [1.82, 2.24) is 15.1 Å². The van der Waals surface area contributed by atoms with Gasteiger partial charge in [-0.15, -0.1) is 0 Å². The van der Waals surface area contributed by atoms with Crippen molar-refractivity contribution in [2.75, 3.05) is 19.0 Å². The van der Waals surface area contributed by atoms with Crippen LogP contribution in [0.4, 0.5) is 10.5 Å². The van der Waals surface area contributed by atoms with Crippen molar-refractivity contribution in [3.63, 3.8) is 0 Å². The number of rotatable bonds is 8. The molecule has 0 aliphatic rings. The minimum atomic E-state index is -1.07. The topological polar surface area (TPSA) is 105 Å². The Kier molecular flexibility index (Phi) is 6.67. The summed E-state index contributed by atoms with van der Waals surface area (Å²) in [4.78, 5) is 22.9. The molecule has 0 bridgehead atoms. The fourth-order valence-electron chi connectivity index (χ4n) is 1.70. The van der Waals surface area contributed by atoms with Crippen LogP contribution in [0.5, 0.6) is 0 Å². The van der Waals surface area contributed by atoms with Gasteiger partial charge in [0.2, 0.25) is 0 Å². The summed E-state index contributed by atoms with van der Waals surface area (Å²) in [5.74, 6) is -1.07. The largest absolute Gasteiger partial charge is 0.480 e. The van der Waals surface area contributed by atoms with Crippen LogP contribution < -0.4 is 10.6 Å². The standard InChI is InChI=1S/C13H22N4O4/c1-9(2)17-8-10(7-14-17)15-13(20)16-11(12(18)19)5-4-6-21-3/h7-9,11H,4-6H2,1-3H3,(H,18,19)(H2,15,16,20). The number of anilines is 1. The van der Waals surface area contributed by atoms with E-state index in [4.69, 9.17) is 9.84 Å². The van der Waals surface area contributed by atoms with Crippen LogP contribution in [0.15, 0.2) is 12.4 Å². The highest BCUT2D eigenvalue weighted by Gasteiger charge is 2.19. The third kappa shape index (κ3) is 5.82. The molecule has 1 aromatic rings. The Morgan fingerprint density at radius 3 is 2.71 bits per heavy atom. The van der Waals surface area contributed by atoms with Crippen molar-refractivity contribution in [3.05, 3.63) is 12.4 Å². The second kappa shape index (κ2) is 8.25. The molecule has 0 aromatic carbocycles. The van der Waals surface area contributed by atoms with Crippen LogP contribution in [-0.2, 0) is 9.53 Å². The van der Waals surface area contributed by atoms with Gasteiger partial charge in [-0.05, 0) is 26.7 Å². The molecule has 0 spiro atoms. The zero-order valence-electron chi connectivity index (χ0n) is 12.5. The number of methoxy groups -OCH3 is 1. The van der Waals surface area contributed by atoms with Gasteiger partial charge in [-0.1, -0.05) is 0 Å². The maximum atomic E-state index is 11.8. The normalized spacial score (nSPS) is 12.2. The molecule has 2 amide bonds. The van der Waals surface area contributed by atoms with Crippen LogP contribution >= 0.6 is 0 Å². The lowest BCUT2D eigenvalue weighted by Crippen LogP contribution is -2.43. The van der Waals surface area contributed by atoms with Crippen molar-refractivity contribution < 1.29 is 19.4 Å². The van der Waals surface area contributed by atoms with E-state index in [0.717, 1.165) is 0 Å². The summed E-state index contributed by atoms with van der Waals surface area (Å²) in [5.41, 5.74) is 0.516. The maximum absolute atomic E-state index is 11.8. The number of urea groups is 1. The Balaban J connectivity index is 2.50. The van der Waals surface area contributed by atoms with E-state index >= 15 is 0 Å². The number of carbonyl (C=O) groups is 2. The molecule has 0 fully saturated rings. The van der Waals surface area contributed by atoms with E-state index in [1.165, 1.54) is 6.20 Å². The van der Waals surface area contributed by atoms with Crippen LogP contribution in [0, 0.1) is 0 Å². The third-order valence-electron chi connectivity index (χ3n) is 2.83. The quantitative estimate of drug-likeness (QED) is 0.630. The molecule has 1 heterocycles. The molecular weight excluding hydrogens is 276 g/mol. The van der Waals surface area contributed by atoms with Crippen molar-refractivity contribution >= 4 is 17.7 Å². The number of carboxylic acid groups (broad SMARTS) is 1. The molecule has 0 aliphatic heterocycles. The van der Waals surface area contributed by atoms with Gasteiger partial charge in [0.25, 0.3) is 0 Å². The summed E-state index contributed by atoms with van der Waals surface area (Å²) in [6.45, 7) is 4.38. The van der Waals surface area contributed by atoms with Gasteiger partial charge >= 0.3 is 12.0 Å². The Labute approximate surface area is 123 Å². The first-order valence-corrected chi connectivity index (χ1v) is 6.77. The van der Waals surface area contributed by atoms with E-state index in [-0.39, 0.29) is 6.04 Å². The first kappa shape index (κ1) is 17.0. The smallest absolute Gasteiger partial charge is 0.326 e. The molecule has 0 saturated carbocycles. The molecule has 0 aliphatic carbocycles. The highest BCUT2D eigenvalue weighted by Crippen LogP contribution is 2.09. The minimum absolute atomic E-state index is 0.185. The summed E-state index contributed by atoms with van der Waals surface area (Å²) in [5, 5.41) is 18.1. The highest BCUT2D eigenvalue weighted by atomic mass is 16.5. The van der Waals surface area contributed by atoms with E-state index in [1.807, 2.05) is 13.8 Å². The van der Waals surface area contributed by atoms with Crippen LogP contribution in [0.3, 0.4) is 0 Å². The number of hydrogen-bond acceptors (Lipinski definition) is 4. The number of amides is 2. The number of nitrogens with zero attached hydrogens (tertiary/aromatic N) is 2. The summed E-state index contributed by atoms with van der Waals surface area (Å²) in [7, 11) is 1.54. The van der Waals surface area contributed by atoms with Crippen LogP contribution in [0.1, 0.15) is 32.7 Å². The van der Waals surface area contributed by atoms with Crippen molar-refractivity contribution in [3.8, 4) is 0 Å². The van der Waals surface area contributed by atoms with E-state index in [0.29, 0.717) is 25.1 Å². The van der Waals surface area contributed by atoms with Crippen LogP contribution in [-0.4, -0.2) is 46.6 Å². The van der Waals surface area contributed by atoms with Crippen molar-refractivity contribution in [2.45, 2.75) is 38.8 Å². The molecule has 118 valence electrons. The number of carbonyl (C=O) groups excluding carboxylic acids is 1. The van der Waals surface area contributed by atoms with Crippen molar-refractivity contribution in [1.29, 1.82) is 0 Å². The molecule has 1 rings (SSSR count). The van der Waals surface area contributed by atoms with Gasteiger partial charge in [-0.2, -0.15) is 5.10 Å². The van der Waals surface area contributed by atoms with Gasteiger partial charge < -0.3 is 20.5 Å². The fraction of sp³-hybridized carbons (Fsp3) is 0.615. The molecule has 1 atom stereocenters. The monoisotopic (exact) mass is 298 g/mol. The average molecular weight is 298 g/mol. The first-order chi connectivity index (χ1) is 9.93. The lowest BCUT2D eigenvalue weighted by atomic mass is 10.1. The minimum Gasteiger partial charge on any atom is -0.480 e. The number of aliphatic carboxylic acids is 1. The van der Waals surface area contributed by atoms with Gasteiger partial charge in [0.1, 0.15) is 6.04 Å². The predicted octanol–water partition coefficient (Wildman–Crippen LogP) is 1.47. The maximum Gasteiger partial charge on any atom is 0.326 e. The lowest BCUT2D eigenvalue weighted by Gasteiger charge is -2.14. The lowest BCUT2D eigenvalue weighted by molar-refractivity contribution is -0.139. The predicted molar refractivity (Wildman–Crippen MR) is 77.3 cm³/mol. The van der Waals surface area contributed by atoms with Crippen LogP contribution in [0.25, 0.3) is 0 Å². The number of ether oxygens (including phenoxy) is 1. The number of carboxylic acids is 1. The Bertz CT molecular complexity index is 472. The molecule has 1 aromatic heterocycles.